The zero-order valence-corrected chi connectivity index (χ0v) is 19.3. The van der Waals surface area contributed by atoms with Crippen LogP contribution >= 0.6 is 0 Å². The lowest BCUT2D eigenvalue weighted by Gasteiger charge is -2.27. The summed E-state index contributed by atoms with van der Waals surface area (Å²) >= 11 is 0. The zero-order valence-electron chi connectivity index (χ0n) is 18.5. The van der Waals surface area contributed by atoms with Gasteiger partial charge in [0.15, 0.2) is 11.5 Å². The quantitative estimate of drug-likeness (QED) is 0.508. The Labute approximate surface area is 192 Å². The monoisotopic (exact) mass is 468 g/mol. The molecule has 1 aliphatic rings. The molecule has 3 aromatic rings. The molecule has 0 radical (unpaired) electrons. The van der Waals surface area contributed by atoms with Crippen LogP contribution < -0.4 is 9.47 Å². The second-order valence-corrected chi connectivity index (χ2v) is 9.93. The standard InChI is InChI=1S/C24H24N2O6S/c1-4-32-21-13-15(10-11-20(21)31-2)19(14-33(3,29)30)26-23(27)17-8-5-7-16(22(17)24(26)28)18-9-6-12-25-18/h5-13,19,25H,4,14H2,1-3H3. The highest BCUT2D eigenvalue weighted by molar-refractivity contribution is 7.90. The highest BCUT2D eigenvalue weighted by atomic mass is 32.2. The van der Waals surface area contributed by atoms with Crippen LogP contribution in [0.1, 0.15) is 39.2 Å². The molecule has 33 heavy (non-hydrogen) atoms. The zero-order chi connectivity index (χ0) is 23.8. The van der Waals surface area contributed by atoms with Crippen molar-refractivity contribution < 1.29 is 27.5 Å². The highest BCUT2D eigenvalue weighted by Gasteiger charge is 2.43. The van der Waals surface area contributed by atoms with E-state index >= 15 is 0 Å². The normalized spacial score (nSPS) is 14.3. The average Bonchev–Trinajstić information content (AvgIpc) is 3.39. The molecule has 172 valence electrons. The average molecular weight is 469 g/mol. The third-order valence-electron chi connectivity index (χ3n) is 5.48. The minimum absolute atomic E-state index is 0.240. The first-order valence-corrected chi connectivity index (χ1v) is 12.4. The van der Waals surface area contributed by atoms with Crippen LogP contribution in [0.25, 0.3) is 11.3 Å². The third-order valence-corrected chi connectivity index (χ3v) is 6.40. The fraction of sp³-hybridized carbons (Fsp3) is 0.250. The molecule has 0 saturated carbocycles. The third kappa shape index (κ3) is 4.23. The van der Waals surface area contributed by atoms with E-state index in [-0.39, 0.29) is 11.1 Å². The van der Waals surface area contributed by atoms with Crippen LogP contribution in [0, 0.1) is 0 Å². The molecule has 0 aliphatic carbocycles. The number of sulfone groups is 1. The molecule has 0 saturated heterocycles. The lowest BCUT2D eigenvalue weighted by molar-refractivity contribution is 0.0597. The molecule has 2 amide bonds. The van der Waals surface area contributed by atoms with Gasteiger partial charge in [-0.15, -0.1) is 0 Å². The van der Waals surface area contributed by atoms with Gasteiger partial charge in [0.25, 0.3) is 11.8 Å². The summed E-state index contributed by atoms with van der Waals surface area (Å²) in [5.74, 6) is -0.628. The number of methoxy groups -OCH3 is 1. The second-order valence-electron chi connectivity index (χ2n) is 7.74. The van der Waals surface area contributed by atoms with E-state index in [0.29, 0.717) is 34.9 Å². The Bertz CT molecular complexity index is 1310. The Morgan fingerprint density at radius 3 is 2.39 bits per heavy atom. The molecule has 0 fully saturated rings. The molecule has 1 aliphatic heterocycles. The number of nitrogens with zero attached hydrogens (tertiary/aromatic N) is 1. The summed E-state index contributed by atoms with van der Waals surface area (Å²) in [6, 6.07) is 12.5. The van der Waals surface area contributed by atoms with Crippen LogP contribution in [-0.2, 0) is 9.84 Å². The van der Waals surface area contributed by atoms with E-state index in [1.54, 1.807) is 48.7 Å². The molecule has 4 rings (SSSR count). The van der Waals surface area contributed by atoms with Gasteiger partial charge < -0.3 is 14.5 Å². The van der Waals surface area contributed by atoms with E-state index in [4.69, 9.17) is 9.47 Å². The van der Waals surface area contributed by atoms with Gasteiger partial charge in [0.05, 0.1) is 36.6 Å². The number of carbonyl (C=O) groups excluding carboxylic acids is 2. The molecule has 0 spiro atoms. The van der Waals surface area contributed by atoms with E-state index in [1.165, 1.54) is 7.11 Å². The number of aromatic nitrogens is 1. The van der Waals surface area contributed by atoms with E-state index in [0.717, 1.165) is 11.2 Å². The second kappa shape index (κ2) is 8.74. The Kier molecular flexibility index (Phi) is 5.99. The molecule has 1 unspecified atom stereocenters. The van der Waals surface area contributed by atoms with Crippen LogP contribution in [0.4, 0.5) is 0 Å². The molecule has 2 aromatic carbocycles. The Hall–Kier alpha value is -3.59. The van der Waals surface area contributed by atoms with Crippen LogP contribution in [0.2, 0.25) is 0 Å². The molecule has 9 heteroatoms. The van der Waals surface area contributed by atoms with Gasteiger partial charge in [-0.3, -0.25) is 14.5 Å². The summed E-state index contributed by atoms with van der Waals surface area (Å²) in [7, 11) is -2.06. The minimum Gasteiger partial charge on any atom is -0.493 e. The van der Waals surface area contributed by atoms with Crippen molar-refractivity contribution in [3.8, 4) is 22.8 Å². The summed E-state index contributed by atoms with van der Waals surface area (Å²) < 4.78 is 35.6. The number of fused-ring (bicyclic) bond motifs is 1. The van der Waals surface area contributed by atoms with Crippen LogP contribution in [0.5, 0.6) is 11.5 Å². The topological polar surface area (TPSA) is 106 Å². The van der Waals surface area contributed by atoms with Crippen molar-refractivity contribution in [3.63, 3.8) is 0 Å². The predicted molar refractivity (Wildman–Crippen MR) is 123 cm³/mol. The van der Waals surface area contributed by atoms with E-state index in [9.17, 15) is 18.0 Å². The summed E-state index contributed by atoms with van der Waals surface area (Å²) in [6.45, 7) is 2.18. The first-order valence-electron chi connectivity index (χ1n) is 10.4. The first-order chi connectivity index (χ1) is 15.7. The number of aromatic amines is 1. The fourth-order valence-corrected chi connectivity index (χ4v) is 5.00. The summed E-state index contributed by atoms with van der Waals surface area (Å²) in [5.41, 5.74) is 2.23. The largest absolute Gasteiger partial charge is 0.493 e. The molecule has 8 nitrogen and oxygen atoms in total. The van der Waals surface area contributed by atoms with Gasteiger partial charge in [-0.1, -0.05) is 18.2 Å². The van der Waals surface area contributed by atoms with Crippen molar-refractivity contribution >= 4 is 21.7 Å². The number of imide groups is 1. The van der Waals surface area contributed by atoms with E-state index in [2.05, 4.69) is 4.98 Å². The minimum atomic E-state index is -3.56. The number of benzene rings is 2. The smallest absolute Gasteiger partial charge is 0.262 e. The van der Waals surface area contributed by atoms with Gasteiger partial charge in [-0.2, -0.15) is 0 Å². The van der Waals surface area contributed by atoms with Gasteiger partial charge in [-0.25, -0.2) is 8.42 Å². The molecule has 1 N–H and O–H groups in total. The number of rotatable bonds is 8. The van der Waals surface area contributed by atoms with Crippen LogP contribution in [0.3, 0.4) is 0 Å². The lowest BCUT2D eigenvalue weighted by Crippen LogP contribution is -2.37. The summed E-state index contributed by atoms with van der Waals surface area (Å²) in [5, 5.41) is 0. The Morgan fingerprint density at radius 1 is 1.00 bits per heavy atom. The van der Waals surface area contributed by atoms with Crippen molar-refractivity contribution in [2.75, 3.05) is 25.7 Å². The van der Waals surface area contributed by atoms with Crippen LogP contribution in [-0.4, -0.2) is 55.8 Å². The van der Waals surface area contributed by atoms with Gasteiger partial charge in [0.1, 0.15) is 9.84 Å². The predicted octanol–water partition coefficient (Wildman–Crippen LogP) is 3.47. The SMILES string of the molecule is CCOc1cc(C(CS(C)(=O)=O)N2C(=O)c3cccc(-c4ccc[nH]4)c3C2=O)ccc1OC. The number of hydrogen-bond acceptors (Lipinski definition) is 6. The first kappa shape index (κ1) is 22.6. The number of amides is 2. The van der Waals surface area contributed by atoms with Gasteiger partial charge in [-0.05, 0) is 42.8 Å². The molecule has 1 aromatic heterocycles. The summed E-state index contributed by atoms with van der Waals surface area (Å²) in [4.78, 5) is 31.1. The number of hydrogen-bond donors (Lipinski definition) is 1. The molecular weight excluding hydrogens is 444 g/mol. The maximum atomic E-state index is 13.6. The van der Waals surface area contributed by atoms with Crippen molar-refractivity contribution in [1.29, 1.82) is 0 Å². The highest BCUT2D eigenvalue weighted by Crippen LogP contribution is 2.39. The van der Waals surface area contributed by atoms with Gasteiger partial charge in [0, 0.05) is 23.7 Å². The molecule has 2 heterocycles. The fourth-order valence-electron chi connectivity index (χ4n) is 4.08. The number of nitrogens with one attached hydrogen (secondary N) is 1. The summed E-state index contributed by atoms with van der Waals surface area (Å²) in [6.07, 6.45) is 2.81. The maximum absolute atomic E-state index is 13.6. The van der Waals surface area contributed by atoms with Crippen molar-refractivity contribution in [1.82, 2.24) is 9.88 Å². The number of H-pyrrole nitrogens is 1. The molecule has 0 bridgehead atoms. The number of carbonyl (C=O) groups is 2. The molecular formula is C24H24N2O6S. The number of ether oxygens (including phenoxy) is 2. The van der Waals surface area contributed by atoms with E-state index in [1.807, 2.05) is 13.0 Å². The Balaban J connectivity index is 1.84. The maximum Gasteiger partial charge on any atom is 0.262 e. The van der Waals surface area contributed by atoms with Crippen molar-refractivity contribution in [3.05, 3.63) is 71.4 Å². The van der Waals surface area contributed by atoms with Crippen molar-refractivity contribution in [2.24, 2.45) is 0 Å². The Morgan fingerprint density at radius 2 is 1.76 bits per heavy atom. The van der Waals surface area contributed by atoms with Crippen molar-refractivity contribution in [2.45, 2.75) is 13.0 Å². The van der Waals surface area contributed by atoms with Gasteiger partial charge >= 0.3 is 0 Å². The lowest BCUT2D eigenvalue weighted by atomic mass is 10.0. The van der Waals surface area contributed by atoms with Crippen LogP contribution in [0.15, 0.2) is 54.7 Å². The van der Waals surface area contributed by atoms with Gasteiger partial charge in [0.2, 0.25) is 0 Å². The molecule has 1 atom stereocenters. The van der Waals surface area contributed by atoms with E-state index < -0.39 is 33.4 Å².